The highest BCUT2D eigenvalue weighted by Crippen LogP contribution is 2.36. The molecule has 11 nitrogen and oxygen atoms in total. The molecule has 1 atom stereocenters. The first kappa shape index (κ1) is 19.4. The van der Waals surface area contributed by atoms with Gasteiger partial charge in [0.25, 0.3) is 0 Å². The molecule has 1 aliphatic rings. The van der Waals surface area contributed by atoms with Crippen molar-refractivity contribution >= 4 is 22.7 Å². The normalized spacial score (nSPS) is 16.5. The fourth-order valence-corrected chi connectivity index (χ4v) is 4.20. The molecule has 1 saturated heterocycles. The first-order valence-corrected chi connectivity index (χ1v) is 10.7. The van der Waals surface area contributed by atoms with Crippen LogP contribution < -0.4 is 10.6 Å². The number of fused-ring (bicyclic) bond motifs is 1. The molecule has 6 heterocycles. The number of nitrogens with zero attached hydrogens (tertiary/aromatic N) is 8. The average Bonchev–Trinajstić information content (AvgIpc) is 3.60. The fourth-order valence-electron chi connectivity index (χ4n) is 4.20. The topological polar surface area (TPSA) is 129 Å². The lowest BCUT2D eigenvalue weighted by molar-refractivity contribution is 0.0986. The van der Waals surface area contributed by atoms with Crippen molar-refractivity contribution < 1.29 is 4.74 Å². The number of pyridine rings is 2. The molecular weight excluding hydrogens is 420 g/mol. The number of rotatable bonds is 4. The van der Waals surface area contributed by atoms with Crippen molar-refractivity contribution in [1.82, 2.24) is 39.7 Å². The molecule has 0 aromatic carbocycles. The van der Waals surface area contributed by atoms with Crippen LogP contribution in [0.1, 0.15) is 6.92 Å². The number of hydrogen-bond donors (Lipinski definition) is 2. The standard InChI is InChI=1S/C22H22N10O/c1-14-13-33-8-7-30(14)19-9-17(15-10-26-31(12-15)16-3-2-5-24-11-16)20-21(23)29-32(22(20)27-19)18-4-6-25-28-18/h2-6,9-12,14H,7-8,13H2,1H3,(H2,23,29)(H,25,28)/t14-/m1/s1. The van der Waals surface area contributed by atoms with Crippen LogP contribution in [0.4, 0.5) is 11.6 Å². The molecule has 0 aliphatic carbocycles. The average molecular weight is 442 g/mol. The highest BCUT2D eigenvalue weighted by molar-refractivity contribution is 6.01. The Balaban J connectivity index is 1.57. The van der Waals surface area contributed by atoms with E-state index < -0.39 is 0 Å². The van der Waals surface area contributed by atoms with Gasteiger partial charge in [-0.15, -0.1) is 5.10 Å². The van der Waals surface area contributed by atoms with E-state index in [-0.39, 0.29) is 6.04 Å². The molecule has 5 aromatic rings. The van der Waals surface area contributed by atoms with Gasteiger partial charge < -0.3 is 15.4 Å². The summed E-state index contributed by atoms with van der Waals surface area (Å²) >= 11 is 0. The number of morpholine rings is 1. The molecule has 0 bridgehead atoms. The lowest BCUT2D eigenvalue weighted by Gasteiger charge is -2.34. The minimum Gasteiger partial charge on any atom is -0.382 e. The molecule has 0 radical (unpaired) electrons. The number of nitrogens with two attached hydrogens (primary N) is 1. The molecule has 33 heavy (non-hydrogen) atoms. The Hall–Kier alpha value is -4.25. The van der Waals surface area contributed by atoms with Gasteiger partial charge in [-0.05, 0) is 25.1 Å². The van der Waals surface area contributed by atoms with Crippen LogP contribution in [0.25, 0.3) is 33.7 Å². The van der Waals surface area contributed by atoms with Gasteiger partial charge in [0, 0.05) is 36.1 Å². The Morgan fingerprint density at radius 3 is 2.94 bits per heavy atom. The summed E-state index contributed by atoms with van der Waals surface area (Å²) in [6.45, 7) is 4.18. The van der Waals surface area contributed by atoms with E-state index in [1.165, 1.54) is 0 Å². The summed E-state index contributed by atoms with van der Waals surface area (Å²) < 4.78 is 9.12. The van der Waals surface area contributed by atoms with E-state index in [2.05, 4.69) is 43.3 Å². The summed E-state index contributed by atoms with van der Waals surface area (Å²) in [5.41, 5.74) is 9.76. The highest BCUT2D eigenvalue weighted by Gasteiger charge is 2.25. The number of H-pyrrole nitrogens is 1. The second kappa shape index (κ2) is 7.71. The van der Waals surface area contributed by atoms with Crippen molar-refractivity contribution in [3.63, 3.8) is 0 Å². The van der Waals surface area contributed by atoms with E-state index in [1.807, 2.05) is 30.6 Å². The van der Waals surface area contributed by atoms with E-state index in [0.29, 0.717) is 30.5 Å². The summed E-state index contributed by atoms with van der Waals surface area (Å²) in [7, 11) is 0. The minimum absolute atomic E-state index is 0.190. The third-order valence-electron chi connectivity index (χ3n) is 5.83. The van der Waals surface area contributed by atoms with Crippen molar-refractivity contribution in [3.8, 4) is 22.6 Å². The lowest BCUT2D eigenvalue weighted by atomic mass is 10.1. The van der Waals surface area contributed by atoms with Crippen molar-refractivity contribution in [2.45, 2.75) is 13.0 Å². The smallest absolute Gasteiger partial charge is 0.169 e. The van der Waals surface area contributed by atoms with Crippen molar-refractivity contribution in [2.24, 2.45) is 0 Å². The van der Waals surface area contributed by atoms with Crippen molar-refractivity contribution in [2.75, 3.05) is 30.4 Å². The zero-order valence-corrected chi connectivity index (χ0v) is 18.0. The van der Waals surface area contributed by atoms with Crippen LogP contribution in [0.3, 0.4) is 0 Å². The van der Waals surface area contributed by atoms with Crippen LogP contribution in [0.2, 0.25) is 0 Å². The van der Waals surface area contributed by atoms with Crippen LogP contribution in [-0.4, -0.2) is 65.5 Å². The third kappa shape index (κ3) is 3.29. The predicted octanol–water partition coefficient (Wildman–Crippen LogP) is 2.20. The Bertz CT molecular complexity index is 1410. The molecule has 166 valence electrons. The number of nitrogens with one attached hydrogen (secondary N) is 1. The van der Waals surface area contributed by atoms with E-state index in [4.69, 9.17) is 15.5 Å². The SMILES string of the molecule is C[C@@H]1COCCN1c1cc(-c2cnn(-c3cccnc3)c2)c2c(N)nn(-c3ccn[nH]3)c2n1. The molecule has 11 heteroatoms. The van der Waals surface area contributed by atoms with Gasteiger partial charge in [-0.2, -0.15) is 14.9 Å². The predicted molar refractivity (Wildman–Crippen MR) is 123 cm³/mol. The maximum absolute atomic E-state index is 6.42. The summed E-state index contributed by atoms with van der Waals surface area (Å²) in [5, 5.41) is 16.9. The van der Waals surface area contributed by atoms with Crippen molar-refractivity contribution in [1.29, 1.82) is 0 Å². The number of ether oxygens (including phenoxy) is 1. The summed E-state index contributed by atoms with van der Waals surface area (Å²) in [5.74, 6) is 1.91. The number of aromatic amines is 1. The van der Waals surface area contributed by atoms with Gasteiger partial charge in [0.15, 0.2) is 17.3 Å². The number of aromatic nitrogens is 8. The van der Waals surface area contributed by atoms with Crippen molar-refractivity contribution in [3.05, 3.63) is 55.2 Å². The summed E-state index contributed by atoms with van der Waals surface area (Å²) in [4.78, 5) is 11.4. The Kier molecular flexibility index (Phi) is 4.54. The summed E-state index contributed by atoms with van der Waals surface area (Å²) in [6.07, 6.45) is 8.96. The highest BCUT2D eigenvalue weighted by atomic mass is 16.5. The largest absolute Gasteiger partial charge is 0.382 e. The van der Waals surface area contributed by atoms with Crippen LogP contribution in [0, 0.1) is 0 Å². The molecule has 1 fully saturated rings. The molecule has 0 unspecified atom stereocenters. The zero-order valence-electron chi connectivity index (χ0n) is 18.0. The third-order valence-corrected chi connectivity index (χ3v) is 5.83. The number of nitrogen functional groups attached to an aromatic ring is 1. The van der Waals surface area contributed by atoms with Gasteiger partial charge in [-0.3, -0.25) is 10.1 Å². The number of hydrogen-bond acceptors (Lipinski definition) is 8. The first-order chi connectivity index (χ1) is 16.2. The molecule has 5 aromatic heterocycles. The quantitative estimate of drug-likeness (QED) is 0.433. The Morgan fingerprint density at radius 2 is 2.15 bits per heavy atom. The molecule has 0 saturated carbocycles. The lowest BCUT2D eigenvalue weighted by Crippen LogP contribution is -2.44. The Morgan fingerprint density at radius 1 is 1.21 bits per heavy atom. The molecule has 0 spiro atoms. The van der Waals surface area contributed by atoms with Gasteiger partial charge in [0.05, 0.1) is 48.9 Å². The fraction of sp³-hybridized carbons (Fsp3) is 0.227. The van der Waals surface area contributed by atoms with E-state index in [0.717, 1.165) is 34.6 Å². The van der Waals surface area contributed by atoms with E-state index in [1.54, 1.807) is 28.0 Å². The van der Waals surface area contributed by atoms with E-state index in [9.17, 15) is 0 Å². The molecule has 3 N–H and O–H groups in total. The summed E-state index contributed by atoms with van der Waals surface area (Å²) in [6, 6.07) is 7.92. The van der Waals surface area contributed by atoms with Gasteiger partial charge in [-0.25, -0.2) is 9.67 Å². The van der Waals surface area contributed by atoms with Crippen LogP contribution >= 0.6 is 0 Å². The molecule has 1 aliphatic heterocycles. The second-order valence-corrected chi connectivity index (χ2v) is 7.97. The van der Waals surface area contributed by atoms with Crippen LogP contribution in [0.15, 0.2) is 55.2 Å². The van der Waals surface area contributed by atoms with Crippen LogP contribution in [0.5, 0.6) is 0 Å². The van der Waals surface area contributed by atoms with Gasteiger partial charge in [-0.1, -0.05) is 0 Å². The Labute approximate surface area is 188 Å². The van der Waals surface area contributed by atoms with E-state index >= 15 is 0 Å². The maximum Gasteiger partial charge on any atom is 0.169 e. The van der Waals surface area contributed by atoms with Crippen LogP contribution in [-0.2, 0) is 4.74 Å². The van der Waals surface area contributed by atoms with Gasteiger partial charge in [0.1, 0.15) is 5.82 Å². The van der Waals surface area contributed by atoms with Gasteiger partial charge >= 0.3 is 0 Å². The monoisotopic (exact) mass is 442 g/mol. The maximum atomic E-state index is 6.42. The van der Waals surface area contributed by atoms with Gasteiger partial charge in [0.2, 0.25) is 0 Å². The second-order valence-electron chi connectivity index (χ2n) is 7.97. The first-order valence-electron chi connectivity index (χ1n) is 10.7. The zero-order chi connectivity index (χ0) is 22.4. The molecule has 0 amide bonds. The molecule has 6 rings (SSSR count). The molecular formula is C22H22N10O. The number of anilines is 2. The minimum atomic E-state index is 0.190.